The minimum Gasteiger partial charge on any atom is -0.478 e. The molecule has 2 heterocycles. The lowest BCUT2D eigenvalue weighted by molar-refractivity contribution is 0.0419. The molecule has 1 aliphatic heterocycles. The maximum absolute atomic E-state index is 12.2. The molecule has 0 radical (unpaired) electrons. The molecule has 0 aliphatic carbocycles. The van der Waals surface area contributed by atoms with E-state index in [1.54, 1.807) is 0 Å². The van der Waals surface area contributed by atoms with Crippen molar-refractivity contribution in [2.75, 3.05) is 13.2 Å². The molecule has 102 valence electrons. The molecule has 6 nitrogen and oxygen atoms in total. The Balaban J connectivity index is 2.18. The lowest BCUT2D eigenvalue weighted by Gasteiger charge is -2.34. The average Bonchev–Trinajstić information content (AvgIpc) is 2.39. The maximum atomic E-state index is 12.2. The quantitative estimate of drug-likeness (QED) is 0.852. The summed E-state index contributed by atoms with van der Waals surface area (Å²) in [6.07, 6.45) is 2.82. The largest absolute Gasteiger partial charge is 0.478 e. The van der Waals surface area contributed by atoms with E-state index in [0.717, 1.165) is 0 Å². The first-order valence-electron chi connectivity index (χ1n) is 6.10. The summed E-state index contributed by atoms with van der Waals surface area (Å²) in [7, 11) is 0. The van der Waals surface area contributed by atoms with Gasteiger partial charge in [-0.15, -0.1) is 0 Å². The number of carboxylic acids is 1. The highest BCUT2D eigenvalue weighted by atomic mass is 16.5. The van der Waals surface area contributed by atoms with E-state index in [4.69, 9.17) is 9.84 Å². The molecule has 0 aromatic carbocycles. The van der Waals surface area contributed by atoms with Crippen molar-refractivity contribution in [1.29, 1.82) is 0 Å². The lowest BCUT2D eigenvalue weighted by atomic mass is 9.92. The van der Waals surface area contributed by atoms with Gasteiger partial charge in [0.05, 0.1) is 5.56 Å². The summed E-state index contributed by atoms with van der Waals surface area (Å²) < 4.78 is 5.25. The fraction of sp³-hybridized carbons (Fsp3) is 0.462. The number of nitrogens with zero attached hydrogens (tertiary/aromatic N) is 1. The van der Waals surface area contributed by atoms with Gasteiger partial charge in [0.25, 0.3) is 5.91 Å². The summed E-state index contributed by atoms with van der Waals surface area (Å²) >= 11 is 0. The lowest BCUT2D eigenvalue weighted by Crippen LogP contribution is -2.50. The predicted molar refractivity (Wildman–Crippen MR) is 67.1 cm³/mol. The molecule has 1 amide bonds. The fourth-order valence-electron chi connectivity index (χ4n) is 2.04. The third-order valence-corrected chi connectivity index (χ3v) is 3.26. The van der Waals surface area contributed by atoms with Gasteiger partial charge >= 0.3 is 5.97 Å². The highest BCUT2D eigenvalue weighted by Crippen LogP contribution is 2.20. The number of rotatable bonds is 3. The zero-order valence-corrected chi connectivity index (χ0v) is 10.7. The van der Waals surface area contributed by atoms with Crippen LogP contribution < -0.4 is 5.32 Å². The summed E-state index contributed by atoms with van der Waals surface area (Å²) in [5.74, 6) is -1.61. The van der Waals surface area contributed by atoms with Crippen LogP contribution in [0.4, 0.5) is 0 Å². The molecule has 1 aliphatic rings. The minimum atomic E-state index is -1.16. The number of hydrogen-bond donors (Lipinski definition) is 2. The van der Waals surface area contributed by atoms with E-state index in [2.05, 4.69) is 10.3 Å². The van der Waals surface area contributed by atoms with Gasteiger partial charge in [-0.05, 0) is 31.9 Å². The Hall–Kier alpha value is -1.95. The molecule has 1 aromatic rings. The summed E-state index contributed by atoms with van der Waals surface area (Å²) in [5, 5.41) is 11.9. The van der Waals surface area contributed by atoms with Crippen molar-refractivity contribution in [1.82, 2.24) is 10.3 Å². The average molecular weight is 264 g/mol. The van der Waals surface area contributed by atoms with Crippen LogP contribution in [0.15, 0.2) is 18.3 Å². The molecular formula is C13H16N2O4. The van der Waals surface area contributed by atoms with E-state index < -0.39 is 11.9 Å². The predicted octanol–water partition coefficient (Wildman–Crippen LogP) is 1.08. The Bertz CT molecular complexity index is 495. The Morgan fingerprint density at radius 1 is 1.42 bits per heavy atom. The van der Waals surface area contributed by atoms with Crippen LogP contribution >= 0.6 is 0 Å². The van der Waals surface area contributed by atoms with Gasteiger partial charge in [-0.25, -0.2) is 4.79 Å². The van der Waals surface area contributed by atoms with Gasteiger partial charge in [-0.2, -0.15) is 0 Å². The second-order valence-electron chi connectivity index (χ2n) is 4.83. The van der Waals surface area contributed by atoms with E-state index in [1.807, 2.05) is 6.92 Å². The summed E-state index contributed by atoms with van der Waals surface area (Å²) in [5.41, 5.74) is -0.513. The highest BCUT2D eigenvalue weighted by Gasteiger charge is 2.30. The molecule has 1 fully saturated rings. The topological polar surface area (TPSA) is 88.5 Å². The third-order valence-electron chi connectivity index (χ3n) is 3.26. The van der Waals surface area contributed by atoms with Crippen LogP contribution in [0.25, 0.3) is 0 Å². The Labute approximate surface area is 110 Å². The molecule has 6 heteroatoms. The Morgan fingerprint density at radius 2 is 2.11 bits per heavy atom. The highest BCUT2D eigenvalue weighted by molar-refractivity contribution is 6.03. The normalized spacial score (nSPS) is 17.7. The van der Waals surface area contributed by atoms with Crippen molar-refractivity contribution >= 4 is 11.9 Å². The van der Waals surface area contributed by atoms with E-state index in [9.17, 15) is 9.59 Å². The van der Waals surface area contributed by atoms with Gasteiger partial charge in [0.1, 0.15) is 5.69 Å². The van der Waals surface area contributed by atoms with Gasteiger partial charge in [-0.1, -0.05) is 0 Å². The second-order valence-corrected chi connectivity index (χ2v) is 4.83. The van der Waals surface area contributed by atoms with Crippen molar-refractivity contribution in [2.45, 2.75) is 25.3 Å². The molecule has 0 atom stereocenters. The first-order chi connectivity index (χ1) is 9.02. The smallest absolute Gasteiger partial charge is 0.338 e. The number of carboxylic acid groups (broad SMARTS) is 1. The zero-order chi connectivity index (χ0) is 13.9. The molecule has 2 rings (SSSR count). The van der Waals surface area contributed by atoms with Gasteiger partial charge < -0.3 is 15.2 Å². The number of carbonyl (C=O) groups is 2. The van der Waals surface area contributed by atoms with Gasteiger partial charge in [0.2, 0.25) is 0 Å². The number of hydrogen-bond acceptors (Lipinski definition) is 4. The van der Waals surface area contributed by atoms with Crippen LogP contribution in [0.3, 0.4) is 0 Å². The van der Waals surface area contributed by atoms with Crippen LogP contribution in [0.2, 0.25) is 0 Å². The van der Waals surface area contributed by atoms with Crippen molar-refractivity contribution in [3.63, 3.8) is 0 Å². The van der Waals surface area contributed by atoms with Crippen molar-refractivity contribution < 1.29 is 19.4 Å². The van der Waals surface area contributed by atoms with Gasteiger partial charge in [0, 0.05) is 24.9 Å². The van der Waals surface area contributed by atoms with E-state index in [1.165, 1.54) is 18.3 Å². The number of aromatic carboxylic acids is 1. The van der Waals surface area contributed by atoms with Crippen LogP contribution in [-0.4, -0.2) is 40.7 Å². The van der Waals surface area contributed by atoms with E-state index in [0.29, 0.717) is 26.1 Å². The first kappa shape index (κ1) is 13.5. The third kappa shape index (κ3) is 3.08. The molecule has 0 saturated carbocycles. The van der Waals surface area contributed by atoms with Crippen LogP contribution in [-0.2, 0) is 4.74 Å². The van der Waals surface area contributed by atoms with Crippen molar-refractivity contribution in [3.05, 3.63) is 29.6 Å². The van der Waals surface area contributed by atoms with Crippen LogP contribution in [0, 0.1) is 0 Å². The molecule has 0 unspecified atom stereocenters. The van der Waals surface area contributed by atoms with Crippen molar-refractivity contribution in [2.24, 2.45) is 0 Å². The Morgan fingerprint density at radius 3 is 2.74 bits per heavy atom. The minimum absolute atomic E-state index is 0.0530. The SMILES string of the molecule is CC1(NC(=O)c2ncccc2C(=O)O)CCOCC1. The molecule has 1 saturated heterocycles. The second kappa shape index (κ2) is 5.36. The fourth-order valence-corrected chi connectivity index (χ4v) is 2.04. The molecule has 2 N–H and O–H groups in total. The Kier molecular flexibility index (Phi) is 3.80. The summed E-state index contributed by atoms with van der Waals surface area (Å²) in [6.45, 7) is 3.10. The molecule has 0 spiro atoms. The number of nitrogens with one attached hydrogen (secondary N) is 1. The van der Waals surface area contributed by atoms with Gasteiger partial charge in [-0.3, -0.25) is 9.78 Å². The number of pyridine rings is 1. The molecular weight excluding hydrogens is 248 g/mol. The maximum Gasteiger partial charge on any atom is 0.338 e. The van der Waals surface area contributed by atoms with Crippen LogP contribution in [0.5, 0.6) is 0 Å². The number of amides is 1. The zero-order valence-electron chi connectivity index (χ0n) is 10.7. The van der Waals surface area contributed by atoms with Gasteiger partial charge in [0.15, 0.2) is 0 Å². The molecule has 0 bridgehead atoms. The van der Waals surface area contributed by atoms with Crippen molar-refractivity contribution in [3.8, 4) is 0 Å². The summed E-state index contributed by atoms with van der Waals surface area (Å²) in [4.78, 5) is 27.1. The summed E-state index contributed by atoms with van der Waals surface area (Å²) in [6, 6.07) is 2.87. The molecule has 1 aromatic heterocycles. The number of ether oxygens (including phenoxy) is 1. The molecule has 19 heavy (non-hydrogen) atoms. The van der Waals surface area contributed by atoms with E-state index in [-0.39, 0.29) is 16.8 Å². The standard InChI is InChI=1S/C13H16N2O4/c1-13(4-7-19-8-5-13)15-11(16)10-9(12(17)18)3-2-6-14-10/h2-3,6H,4-5,7-8H2,1H3,(H,15,16)(H,17,18). The number of aromatic nitrogens is 1. The van der Waals surface area contributed by atoms with Crippen LogP contribution in [0.1, 0.15) is 40.6 Å². The van der Waals surface area contributed by atoms with E-state index >= 15 is 0 Å². The monoisotopic (exact) mass is 264 g/mol. The number of carbonyl (C=O) groups excluding carboxylic acids is 1. The first-order valence-corrected chi connectivity index (χ1v) is 6.10.